The third-order valence-corrected chi connectivity index (χ3v) is 8.81. The monoisotopic (exact) mass is 521 g/mol. The summed E-state index contributed by atoms with van der Waals surface area (Å²) >= 11 is 0. The van der Waals surface area contributed by atoms with Gasteiger partial charge in [-0.2, -0.15) is 0 Å². The number of unbranched alkanes of at least 4 members (excludes halogenated alkanes) is 1. The highest BCUT2D eigenvalue weighted by Gasteiger charge is 2.41. The molecule has 0 spiro atoms. The van der Waals surface area contributed by atoms with E-state index in [1.807, 2.05) is 12.1 Å². The van der Waals surface area contributed by atoms with Crippen LogP contribution in [0.25, 0.3) is 11.1 Å². The third kappa shape index (κ3) is 5.48. The Morgan fingerprint density at radius 2 is 1.56 bits per heavy atom. The molecule has 3 aromatic carbocycles. The van der Waals surface area contributed by atoms with Crippen molar-refractivity contribution in [1.29, 1.82) is 0 Å². The Hall–Kier alpha value is -3.53. The van der Waals surface area contributed by atoms with Gasteiger partial charge in [0.05, 0.1) is 5.56 Å². The van der Waals surface area contributed by atoms with Crippen molar-refractivity contribution >= 4 is 17.5 Å². The highest BCUT2D eigenvalue weighted by atomic mass is 16.7. The number of Topliss-reactive ketones (excluding diaryl/α,β-unsaturated/α-hetero) is 1. The van der Waals surface area contributed by atoms with Crippen LogP contribution >= 0.6 is 0 Å². The lowest BCUT2D eigenvalue weighted by Gasteiger charge is -2.31. The van der Waals surface area contributed by atoms with Crippen molar-refractivity contribution in [3.8, 4) is 11.1 Å². The summed E-state index contributed by atoms with van der Waals surface area (Å²) in [7, 11) is 0. The number of carbonyl (C=O) groups excluding carboxylic acids is 2. The second kappa shape index (κ2) is 12.1. The number of benzene rings is 3. The zero-order valence-electron chi connectivity index (χ0n) is 23.2. The van der Waals surface area contributed by atoms with E-state index in [0.717, 1.165) is 38.5 Å². The number of hydrogen-bond acceptors (Lipinski definition) is 4. The van der Waals surface area contributed by atoms with Crippen molar-refractivity contribution in [2.24, 2.45) is 11.1 Å². The molecule has 4 heteroatoms. The van der Waals surface area contributed by atoms with Crippen LogP contribution in [0, 0.1) is 5.92 Å². The minimum absolute atomic E-state index is 0.0985. The smallest absolute Gasteiger partial charge is 0.312 e. The van der Waals surface area contributed by atoms with Gasteiger partial charge in [0.25, 0.3) is 0 Å². The Morgan fingerprint density at radius 1 is 0.846 bits per heavy atom. The van der Waals surface area contributed by atoms with E-state index in [0.29, 0.717) is 29.2 Å². The van der Waals surface area contributed by atoms with E-state index in [-0.39, 0.29) is 11.2 Å². The van der Waals surface area contributed by atoms with Crippen LogP contribution in [0.3, 0.4) is 0 Å². The zero-order valence-corrected chi connectivity index (χ0v) is 23.2. The molecule has 0 aromatic heterocycles. The van der Waals surface area contributed by atoms with Gasteiger partial charge in [-0.1, -0.05) is 119 Å². The first-order valence-corrected chi connectivity index (χ1v) is 14.7. The van der Waals surface area contributed by atoms with Gasteiger partial charge in [0.15, 0.2) is 0 Å². The fourth-order valence-corrected chi connectivity index (χ4v) is 6.63. The van der Waals surface area contributed by atoms with Crippen molar-refractivity contribution < 1.29 is 14.4 Å². The second-order valence-corrected chi connectivity index (χ2v) is 11.2. The molecular weight excluding hydrogens is 482 g/mol. The molecule has 202 valence electrons. The topological polar surface area (TPSA) is 55.7 Å². The molecule has 3 aromatic rings. The first kappa shape index (κ1) is 27.1. The number of fused-ring (bicyclic) bond motifs is 3. The molecule has 1 unspecified atom stereocenters. The molecular formula is C35H39NO3. The lowest BCUT2D eigenvalue weighted by Crippen LogP contribution is -2.25. The van der Waals surface area contributed by atoms with Crippen LogP contribution < -0.4 is 0 Å². The molecule has 0 heterocycles. The van der Waals surface area contributed by atoms with Crippen LogP contribution in [0.15, 0.2) is 78.0 Å². The average Bonchev–Trinajstić information content (AvgIpc) is 3.28. The first-order valence-electron chi connectivity index (χ1n) is 14.7. The minimum Gasteiger partial charge on any atom is -0.312 e. The number of nitrogens with zero attached hydrogens (tertiary/aromatic N) is 1. The van der Waals surface area contributed by atoms with Gasteiger partial charge in [-0.25, -0.2) is 4.79 Å². The van der Waals surface area contributed by atoms with E-state index >= 15 is 0 Å². The average molecular weight is 522 g/mol. The van der Waals surface area contributed by atoms with E-state index in [4.69, 9.17) is 4.84 Å². The van der Waals surface area contributed by atoms with Crippen LogP contribution in [-0.2, 0) is 10.3 Å². The van der Waals surface area contributed by atoms with E-state index in [2.05, 4.69) is 55.4 Å². The van der Waals surface area contributed by atoms with Crippen molar-refractivity contribution in [3.05, 3.63) is 95.1 Å². The minimum atomic E-state index is -0.543. The maximum atomic E-state index is 14.0. The molecule has 1 saturated carbocycles. The summed E-state index contributed by atoms with van der Waals surface area (Å²) in [5.41, 5.74) is 6.40. The fraction of sp³-hybridized carbons (Fsp3) is 0.400. The maximum Gasteiger partial charge on any atom is 0.365 e. The molecule has 0 bridgehead atoms. The Bertz CT molecular complexity index is 1350. The third-order valence-electron chi connectivity index (χ3n) is 8.81. The molecule has 0 N–H and O–H groups in total. The summed E-state index contributed by atoms with van der Waals surface area (Å²) in [5.74, 6) is -0.297. The second-order valence-electron chi connectivity index (χ2n) is 11.2. The van der Waals surface area contributed by atoms with Crippen LogP contribution in [0.2, 0.25) is 0 Å². The maximum absolute atomic E-state index is 14.0. The van der Waals surface area contributed by atoms with Crippen molar-refractivity contribution in [1.82, 2.24) is 0 Å². The summed E-state index contributed by atoms with van der Waals surface area (Å²) in [4.78, 5) is 32.1. The quantitative estimate of drug-likeness (QED) is 0.116. The van der Waals surface area contributed by atoms with E-state index in [1.54, 1.807) is 24.3 Å². The normalized spacial score (nSPS) is 18.9. The van der Waals surface area contributed by atoms with Gasteiger partial charge in [-0.15, -0.1) is 0 Å². The van der Waals surface area contributed by atoms with Gasteiger partial charge >= 0.3 is 5.97 Å². The van der Waals surface area contributed by atoms with E-state index in [9.17, 15) is 9.59 Å². The molecule has 2 aliphatic carbocycles. The zero-order chi connectivity index (χ0) is 27.2. The Morgan fingerprint density at radius 3 is 2.31 bits per heavy atom. The standard InChI is InChI=1S/C35H39NO3/c1-3-5-22-35(4-2)30-19-13-12-18-28(30)29-21-20-27(24-31(29)35)33(37)32(23-25-14-8-6-9-15-25)36-39-34(38)26-16-10-7-11-17-26/h7,10-13,16-21,24-25H,3-6,8-9,14-15,22-23H2,1-2H3/b36-32+. The summed E-state index contributed by atoms with van der Waals surface area (Å²) in [6.07, 6.45) is 10.6. The highest BCUT2D eigenvalue weighted by molar-refractivity contribution is 6.46. The summed E-state index contributed by atoms with van der Waals surface area (Å²) in [6.45, 7) is 4.49. The van der Waals surface area contributed by atoms with E-state index in [1.165, 1.54) is 41.5 Å². The Balaban J connectivity index is 1.50. The van der Waals surface area contributed by atoms with Gasteiger partial charge in [0.2, 0.25) is 5.78 Å². The van der Waals surface area contributed by atoms with Crippen molar-refractivity contribution in [2.45, 2.75) is 83.5 Å². The molecule has 5 rings (SSSR count). The molecule has 0 amide bonds. The highest BCUT2D eigenvalue weighted by Crippen LogP contribution is 2.53. The molecule has 0 saturated heterocycles. The van der Waals surface area contributed by atoms with Gasteiger partial charge in [-0.05, 0) is 65.6 Å². The largest absolute Gasteiger partial charge is 0.365 e. The molecule has 1 fully saturated rings. The summed E-state index contributed by atoms with van der Waals surface area (Å²) in [5, 5.41) is 4.23. The number of hydrogen-bond donors (Lipinski definition) is 0. The van der Waals surface area contributed by atoms with Crippen molar-refractivity contribution in [3.63, 3.8) is 0 Å². The Labute approximate surface area is 232 Å². The Kier molecular flexibility index (Phi) is 8.40. The number of ketones is 1. The van der Waals surface area contributed by atoms with Gasteiger partial charge in [-0.3, -0.25) is 4.79 Å². The molecule has 4 nitrogen and oxygen atoms in total. The molecule has 0 radical (unpaired) electrons. The predicted molar refractivity (Wildman–Crippen MR) is 157 cm³/mol. The number of carbonyl (C=O) groups is 2. The fourth-order valence-electron chi connectivity index (χ4n) is 6.63. The van der Waals surface area contributed by atoms with Gasteiger partial charge in [0, 0.05) is 11.0 Å². The molecule has 0 aliphatic heterocycles. The summed E-state index contributed by atoms with van der Waals surface area (Å²) in [6, 6.07) is 23.6. The van der Waals surface area contributed by atoms with Gasteiger partial charge in [0.1, 0.15) is 5.71 Å². The van der Waals surface area contributed by atoms with Crippen LogP contribution in [0.4, 0.5) is 0 Å². The summed E-state index contributed by atoms with van der Waals surface area (Å²) < 4.78 is 0. The SMILES string of the molecule is CCCCC1(CC)c2ccccc2-c2ccc(C(=O)/C(CC3CCCCC3)=N/OC(=O)c3ccccc3)cc21. The lowest BCUT2D eigenvalue weighted by atomic mass is 9.72. The first-order chi connectivity index (χ1) is 19.1. The van der Waals surface area contributed by atoms with E-state index < -0.39 is 5.97 Å². The van der Waals surface area contributed by atoms with Gasteiger partial charge < -0.3 is 4.84 Å². The molecule has 39 heavy (non-hydrogen) atoms. The predicted octanol–water partition coefficient (Wildman–Crippen LogP) is 8.92. The van der Waals surface area contributed by atoms with Crippen LogP contribution in [-0.4, -0.2) is 17.5 Å². The van der Waals surface area contributed by atoms with Crippen molar-refractivity contribution in [2.75, 3.05) is 0 Å². The van der Waals surface area contributed by atoms with Crippen LogP contribution in [0.5, 0.6) is 0 Å². The number of oxime groups is 1. The van der Waals surface area contributed by atoms with Crippen LogP contribution in [0.1, 0.15) is 110 Å². The number of rotatable bonds is 10. The molecule has 2 aliphatic rings. The lowest BCUT2D eigenvalue weighted by molar-refractivity contribution is 0.0514. The molecule has 1 atom stereocenters.